The number of fused-ring (bicyclic) bond motifs is 1. The van der Waals surface area contributed by atoms with E-state index in [4.69, 9.17) is 20.6 Å². The molecule has 0 saturated carbocycles. The first-order chi connectivity index (χ1) is 13.4. The van der Waals surface area contributed by atoms with Gasteiger partial charge in [0.2, 0.25) is 17.6 Å². The molecule has 0 bridgehead atoms. The second-order valence-electron chi connectivity index (χ2n) is 5.94. The first-order valence-electron chi connectivity index (χ1n) is 8.26. The Hall–Kier alpha value is -3.79. The molecule has 0 amide bonds. The third-order valence-corrected chi connectivity index (χ3v) is 4.14. The molecule has 0 atom stereocenters. The smallest absolute Gasteiger partial charge is 0.271 e. The Morgan fingerprint density at radius 1 is 1.29 bits per heavy atom. The minimum absolute atomic E-state index is 0.0788. The van der Waals surface area contributed by atoms with E-state index in [1.54, 1.807) is 37.7 Å². The highest BCUT2D eigenvalue weighted by Crippen LogP contribution is 2.28. The maximum absolute atomic E-state index is 11.1. The number of benzene rings is 2. The van der Waals surface area contributed by atoms with Crippen molar-refractivity contribution < 1.29 is 19.7 Å². The Balaban J connectivity index is 2.06. The van der Waals surface area contributed by atoms with Crippen LogP contribution in [0.1, 0.15) is 11.1 Å². The summed E-state index contributed by atoms with van der Waals surface area (Å²) in [4.78, 5) is 19.2. The Labute approximate surface area is 160 Å². The summed E-state index contributed by atoms with van der Waals surface area (Å²) in [6.45, 7) is 0. The van der Waals surface area contributed by atoms with Gasteiger partial charge in [-0.25, -0.2) is 0 Å². The normalized spacial score (nSPS) is 14.2. The van der Waals surface area contributed by atoms with Gasteiger partial charge in [-0.2, -0.15) is 9.98 Å². The van der Waals surface area contributed by atoms with Crippen LogP contribution in [0.2, 0.25) is 0 Å². The maximum atomic E-state index is 11.1. The quantitative estimate of drug-likeness (QED) is 0.305. The molecular weight excluding hydrogens is 364 g/mol. The zero-order valence-electron chi connectivity index (χ0n) is 15.3. The molecule has 28 heavy (non-hydrogen) atoms. The number of hydrogen-bond acceptors (Lipinski definition) is 6. The van der Waals surface area contributed by atoms with Gasteiger partial charge in [0.15, 0.2) is 0 Å². The van der Waals surface area contributed by atoms with Crippen molar-refractivity contribution in [2.45, 2.75) is 6.42 Å². The number of guanidine groups is 1. The van der Waals surface area contributed by atoms with Crippen LogP contribution in [0.3, 0.4) is 0 Å². The molecule has 0 aromatic heterocycles. The number of methoxy groups -OCH3 is 2. The van der Waals surface area contributed by atoms with Crippen LogP contribution >= 0.6 is 0 Å². The predicted octanol–water partition coefficient (Wildman–Crippen LogP) is 1.10. The number of nitrogens with zero attached hydrogens (tertiary/aromatic N) is 3. The van der Waals surface area contributed by atoms with E-state index in [2.05, 4.69) is 9.98 Å². The summed E-state index contributed by atoms with van der Waals surface area (Å²) in [5.41, 5.74) is 7.15. The summed E-state index contributed by atoms with van der Waals surface area (Å²) in [6, 6.07) is 9.71. The Morgan fingerprint density at radius 2 is 2.07 bits per heavy atom. The largest absolute Gasteiger partial charge is 0.497 e. The van der Waals surface area contributed by atoms with Crippen molar-refractivity contribution in [3.63, 3.8) is 0 Å². The molecule has 5 N–H and O–H groups in total. The second kappa shape index (κ2) is 7.84. The number of ether oxygens (including phenoxy) is 2. The highest BCUT2D eigenvalue weighted by molar-refractivity contribution is 6.08. The molecule has 3 rings (SSSR count). The van der Waals surface area contributed by atoms with E-state index < -0.39 is 4.92 Å². The molecule has 10 heteroatoms. The van der Waals surface area contributed by atoms with Crippen LogP contribution < -0.4 is 20.5 Å². The van der Waals surface area contributed by atoms with Crippen LogP contribution in [-0.2, 0) is 6.42 Å². The van der Waals surface area contributed by atoms with Crippen molar-refractivity contribution in [3.05, 3.63) is 57.6 Å². The van der Waals surface area contributed by atoms with Gasteiger partial charge in [0, 0.05) is 17.7 Å². The van der Waals surface area contributed by atoms with E-state index in [9.17, 15) is 10.1 Å². The second-order valence-corrected chi connectivity index (χ2v) is 5.94. The van der Waals surface area contributed by atoms with Crippen molar-refractivity contribution in [1.29, 1.82) is 5.41 Å². The summed E-state index contributed by atoms with van der Waals surface area (Å²) in [6.07, 6.45) is 0.374. The number of quaternary nitrogens is 1. The van der Waals surface area contributed by atoms with Gasteiger partial charge >= 0.3 is 0 Å². The molecule has 0 saturated heterocycles. The van der Waals surface area contributed by atoms with Crippen molar-refractivity contribution in [2.75, 3.05) is 14.2 Å². The van der Waals surface area contributed by atoms with Crippen LogP contribution in [0.4, 0.5) is 11.4 Å². The van der Waals surface area contributed by atoms with Crippen molar-refractivity contribution in [3.8, 4) is 11.5 Å². The van der Waals surface area contributed by atoms with Crippen LogP contribution in [0, 0.1) is 15.5 Å². The third-order valence-electron chi connectivity index (χ3n) is 4.14. The van der Waals surface area contributed by atoms with Crippen LogP contribution in [-0.4, -0.2) is 36.8 Å². The van der Waals surface area contributed by atoms with Crippen molar-refractivity contribution in [2.24, 2.45) is 15.7 Å². The van der Waals surface area contributed by atoms with Gasteiger partial charge in [-0.3, -0.25) is 20.8 Å². The number of nitro groups is 1. The number of non-ortho nitro benzene ring substituents is 1. The average molecular weight is 383 g/mol. The standard InChI is InChI=1S/C18H18N6O4/c1-27-12-4-6-15(28-2)10(7-12)8-16-21-14-9-11(24(25)26)3-5-13(14)17(22-16)23-18(19)20/h3-7,9H,8H2,1-2H3,(H4,19,20,21,22,23)/p+1. The average Bonchev–Trinajstić information content (AvgIpc) is 2.67. The topological polar surface area (TPSA) is 153 Å². The lowest BCUT2D eigenvalue weighted by Gasteiger charge is -2.16. The lowest BCUT2D eigenvalue weighted by Crippen LogP contribution is -2.93. The van der Waals surface area contributed by atoms with Gasteiger partial charge in [-0.1, -0.05) is 0 Å². The van der Waals surface area contributed by atoms with Gasteiger partial charge < -0.3 is 15.2 Å². The lowest BCUT2D eigenvalue weighted by molar-refractivity contribution is -0.410. The molecule has 1 heterocycles. The molecule has 1 aliphatic heterocycles. The number of hydrogen-bond donors (Lipinski definition) is 3. The lowest BCUT2D eigenvalue weighted by atomic mass is 10.1. The molecular formula is C18H19N6O4+. The zero-order valence-corrected chi connectivity index (χ0v) is 15.3. The van der Waals surface area contributed by atoms with Gasteiger partial charge in [-0.05, 0) is 24.3 Å². The highest BCUT2D eigenvalue weighted by atomic mass is 16.6. The minimum Gasteiger partial charge on any atom is -0.497 e. The number of aliphatic imine (C=N–C) groups is 2. The van der Waals surface area contributed by atoms with Gasteiger partial charge in [-0.15, -0.1) is 0 Å². The SMILES string of the molecule is COc1ccc(OC)c(CC2=Nc3cc([N+](=O)[O-])ccc3/C(=N/C(=N)N)[NH2+]2)c1. The summed E-state index contributed by atoms with van der Waals surface area (Å²) >= 11 is 0. The number of nitrogens with two attached hydrogens (primary N) is 2. The number of nitrogens with one attached hydrogen (secondary N) is 1. The number of nitro benzene ring substituents is 1. The van der Waals surface area contributed by atoms with E-state index in [-0.39, 0.29) is 11.6 Å². The van der Waals surface area contributed by atoms with Crippen molar-refractivity contribution in [1.82, 2.24) is 0 Å². The van der Waals surface area contributed by atoms with Crippen LogP contribution in [0.25, 0.3) is 0 Å². The Bertz CT molecular complexity index is 1020. The van der Waals surface area contributed by atoms with E-state index in [1.807, 2.05) is 6.07 Å². The molecule has 0 spiro atoms. The maximum Gasteiger partial charge on any atom is 0.271 e. The van der Waals surface area contributed by atoms with Crippen molar-refractivity contribution >= 4 is 29.0 Å². The Kier molecular flexibility index (Phi) is 5.32. The molecule has 144 valence electrons. The van der Waals surface area contributed by atoms with E-state index >= 15 is 0 Å². The van der Waals surface area contributed by atoms with E-state index in [1.165, 1.54) is 12.1 Å². The summed E-state index contributed by atoms with van der Waals surface area (Å²) in [5, 5.41) is 20.3. The highest BCUT2D eigenvalue weighted by Gasteiger charge is 2.26. The predicted molar refractivity (Wildman–Crippen MR) is 104 cm³/mol. The number of rotatable bonds is 5. The third kappa shape index (κ3) is 3.96. The number of amidine groups is 2. The van der Waals surface area contributed by atoms with Gasteiger partial charge in [0.25, 0.3) is 5.69 Å². The fourth-order valence-corrected chi connectivity index (χ4v) is 2.89. The van der Waals surface area contributed by atoms with Crippen LogP contribution in [0.15, 0.2) is 46.4 Å². The van der Waals surface area contributed by atoms with Gasteiger partial charge in [0.1, 0.15) is 11.5 Å². The first kappa shape index (κ1) is 19.0. The van der Waals surface area contributed by atoms with Gasteiger partial charge in [0.05, 0.1) is 36.8 Å². The molecule has 0 aliphatic carbocycles. The van der Waals surface area contributed by atoms with Crippen LogP contribution in [0.5, 0.6) is 11.5 Å². The summed E-state index contributed by atoms with van der Waals surface area (Å²) < 4.78 is 10.7. The molecule has 0 fully saturated rings. The molecule has 10 nitrogen and oxygen atoms in total. The summed E-state index contributed by atoms with van der Waals surface area (Å²) in [7, 11) is 3.14. The van der Waals surface area contributed by atoms with E-state index in [0.717, 1.165) is 5.56 Å². The summed E-state index contributed by atoms with van der Waals surface area (Å²) in [5.74, 6) is 1.98. The zero-order chi connectivity index (χ0) is 20.3. The molecule has 2 aromatic carbocycles. The fourth-order valence-electron chi connectivity index (χ4n) is 2.89. The Morgan fingerprint density at radius 3 is 2.71 bits per heavy atom. The monoisotopic (exact) mass is 383 g/mol. The molecule has 1 aliphatic rings. The molecule has 0 unspecified atom stereocenters. The minimum atomic E-state index is -0.485. The molecule has 0 radical (unpaired) electrons. The fraction of sp³-hybridized carbons (Fsp3) is 0.167. The molecule has 2 aromatic rings. The first-order valence-corrected chi connectivity index (χ1v) is 8.26. The van der Waals surface area contributed by atoms with E-state index in [0.29, 0.717) is 40.8 Å².